The second-order valence-electron chi connectivity index (χ2n) is 4.74. The lowest BCUT2D eigenvalue weighted by atomic mass is 10.1. The zero-order chi connectivity index (χ0) is 13.8. The molecule has 0 saturated heterocycles. The van der Waals surface area contributed by atoms with Crippen LogP contribution in [0.25, 0.3) is 11.3 Å². The molecule has 0 unspecified atom stereocenters. The van der Waals surface area contributed by atoms with Crippen LogP contribution in [0.2, 0.25) is 0 Å². The number of H-pyrrole nitrogens is 1. The molecule has 0 aliphatic heterocycles. The minimum atomic E-state index is 0.714. The third-order valence-corrected chi connectivity index (χ3v) is 3.14. The molecule has 2 heterocycles. The van der Waals surface area contributed by atoms with Crippen LogP contribution in [0.4, 0.5) is 5.69 Å². The molecule has 2 N–H and O–H groups in total. The van der Waals surface area contributed by atoms with Crippen molar-refractivity contribution < 1.29 is 0 Å². The van der Waals surface area contributed by atoms with Crippen molar-refractivity contribution in [3.63, 3.8) is 0 Å². The predicted molar refractivity (Wildman–Crippen MR) is 80.3 cm³/mol. The maximum Gasteiger partial charge on any atom is 0.0700 e. The Bertz CT molecular complexity index is 688. The van der Waals surface area contributed by atoms with Gasteiger partial charge in [0.2, 0.25) is 0 Å². The maximum atomic E-state index is 4.18. The van der Waals surface area contributed by atoms with Gasteiger partial charge < -0.3 is 5.32 Å². The average molecular weight is 264 g/mol. The molecule has 0 amide bonds. The third-order valence-electron chi connectivity index (χ3n) is 3.14. The van der Waals surface area contributed by atoms with E-state index in [1.54, 1.807) is 0 Å². The van der Waals surface area contributed by atoms with Gasteiger partial charge in [-0.3, -0.25) is 10.1 Å². The van der Waals surface area contributed by atoms with Crippen molar-refractivity contribution in [2.45, 2.75) is 13.5 Å². The molecule has 0 fully saturated rings. The lowest BCUT2D eigenvalue weighted by Gasteiger charge is -2.07. The van der Waals surface area contributed by atoms with E-state index in [0.717, 1.165) is 28.1 Å². The quantitative estimate of drug-likeness (QED) is 0.759. The summed E-state index contributed by atoms with van der Waals surface area (Å²) in [7, 11) is 0. The van der Waals surface area contributed by atoms with Crippen LogP contribution in [0.5, 0.6) is 0 Å². The summed E-state index contributed by atoms with van der Waals surface area (Å²) in [5.41, 5.74) is 5.50. The molecule has 1 aromatic carbocycles. The van der Waals surface area contributed by atoms with Gasteiger partial charge in [0.1, 0.15) is 0 Å². The van der Waals surface area contributed by atoms with E-state index >= 15 is 0 Å². The number of hydrogen-bond acceptors (Lipinski definition) is 3. The molecule has 0 saturated carbocycles. The molecule has 0 bridgehead atoms. The van der Waals surface area contributed by atoms with E-state index in [1.807, 2.05) is 43.7 Å². The lowest BCUT2D eigenvalue weighted by Crippen LogP contribution is -2.00. The number of nitrogens with one attached hydrogen (secondary N) is 2. The van der Waals surface area contributed by atoms with Crippen LogP contribution >= 0.6 is 0 Å². The van der Waals surface area contributed by atoms with Gasteiger partial charge in [0.25, 0.3) is 0 Å². The third kappa shape index (κ3) is 2.69. The molecule has 100 valence electrons. The molecule has 0 aliphatic rings. The Morgan fingerprint density at radius 2 is 1.95 bits per heavy atom. The van der Waals surface area contributed by atoms with Crippen LogP contribution in [0.15, 0.2) is 55.0 Å². The van der Waals surface area contributed by atoms with E-state index in [0.29, 0.717) is 6.54 Å². The van der Waals surface area contributed by atoms with E-state index in [4.69, 9.17) is 0 Å². The molecule has 3 aromatic rings. The van der Waals surface area contributed by atoms with E-state index in [1.165, 1.54) is 0 Å². The molecule has 0 radical (unpaired) electrons. The monoisotopic (exact) mass is 264 g/mol. The molecule has 0 aliphatic carbocycles. The number of anilines is 1. The van der Waals surface area contributed by atoms with Crippen molar-refractivity contribution >= 4 is 5.69 Å². The van der Waals surface area contributed by atoms with Crippen LogP contribution < -0.4 is 5.32 Å². The zero-order valence-corrected chi connectivity index (χ0v) is 11.3. The molecule has 4 heteroatoms. The molecule has 2 aromatic heterocycles. The fourth-order valence-corrected chi connectivity index (χ4v) is 2.15. The van der Waals surface area contributed by atoms with Crippen molar-refractivity contribution in [3.05, 3.63) is 66.1 Å². The fourth-order valence-electron chi connectivity index (χ4n) is 2.15. The van der Waals surface area contributed by atoms with E-state index in [2.05, 4.69) is 38.7 Å². The minimum Gasteiger partial charge on any atom is -0.380 e. The Kier molecular flexibility index (Phi) is 3.46. The number of rotatable bonds is 4. The molecular formula is C16H16N4. The van der Waals surface area contributed by atoms with Gasteiger partial charge in [-0.25, -0.2) is 0 Å². The highest BCUT2D eigenvalue weighted by atomic mass is 15.1. The summed E-state index contributed by atoms with van der Waals surface area (Å²) in [6, 6.07) is 12.3. The summed E-state index contributed by atoms with van der Waals surface area (Å²) >= 11 is 0. The summed E-state index contributed by atoms with van der Waals surface area (Å²) in [5.74, 6) is 0. The Morgan fingerprint density at radius 3 is 2.75 bits per heavy atom. The first-order valence-corrected chi connectivity index (χ1v) is 6.56. The second-order valence-corrected chi connectivity index (χ2v) is 4.74. The number of hydrogen-bond donors (Lipinski definition) is 2. The van der Waals surface area contributed by atoms with Gasteiger partial charge in [0.15, 0.2) is 0 Å². The summed E-state index contributed by atoms with van der Waals surface area (Å²) in [4.78, 5) is 4.18. The first kappa shape index (κ1) is 12.4. The molecule has 0 spiro atoms. The summed E-state index contributed by atoms with van der Waals surface area (Å²) in [5, 5.41) is 10.6. The van der Waals surface area contributed by atoms with Gasteiger partial charge in [0, 0.05) is 24.5 Å². The predicted octanol–water partition coefficient (Wildman–Crippen LogP) is 3.39. The topological polar surface area (TPSA) is 53.6 Å². The Balaban J connectivity index is 1.78. The van der Waals surface area contributed by atoms with Gasteiger partial charge >= 0.3 is 0 Å². The van der Waals surface area contributed by atoms with E-state index < -0.39 is 0 Å². The number of aryl methyl sites for hydroxylation is 1. The first-order valence-electron chi connectivity index (χ1n) is 6.56. The van der Waals surface area contributed by atoms with Gasteiger partial charge in [-0.15, -0.1) is 0 Å². The Hall–Kier alpha value is -2.62. The van der Waals surface area contributed by atoms with Gasteiger partial charge in [-0.1, -0.05) is 30.3 Å². The standard InChI is InChI=1S/C16H16N4/c1-12-7-15(11-17-8-12)18-9-14-10-19-20-16(14)13-5-3-2-4-6-13/h2-8,10-11,18H,9H2,1H3,(H,19,20). The Morgan fingerprint density at radius 1 is 1.10 bits per heavy atom. The number of aromatic amines is 1. The number of benzene rings is 1. The Labute approximate surface area is 117 Å². The van der Waals surface area contributed by atoms with Gasteiger partial charge in [-0.05, 0) is 24.1 Å². The summed E-state index contributed by atoms with van der Waals surface area (Å²) in [6.45, 7) is 2.75. The van der Waals surface area contributed by atoms with Crippen molar-refractivity contribution in [2.75, 3.05) is 5.32 Å². The molecular weight excluding hydrogens is 248 g/mol. The largest absolute Gasteiger partial charge is 0.380 e. The number of pyridine rings is 1. The van der Waals surface area contributed by atoms with Crippen LogP contribution in [-0.4, -0.2) is 15.2 Å². The molecule has 4 nitrogen and oxygen atoms in total. The number of nitrogens with zero attached hydrogens (tertiary/aromatic N) is 2. The fraction of sp³-hybridized carbons (Fsp3) is 0.125. The first-order chi connectivity index (χ1) is 9.83. The van der Waals surface area contributed by atoms with Crippen molar-refractivity contribution in [3.8, 4) is 11.3 Å². The SMILES string of the molecule is Cc1cncc(NCc2cn[nH]c2-c2ccccc2)c1. The normalized spacial score (nSPS) is 10.4. The van der Waals surface area contributed by atoms with Crippen molar-refractivity contribution in [1.82, 2.24) is 15.2 Å². The van der Waals surface area contributed by atoms with Crippen molar-refractivity contribution in [2.24, 2.45) is 0 Å². The van der Waals surface area contributed by atoms with Crippen LogP contribution in [0.3, 0.4) is 0 Å². The average Bonchev–Trinajstić information content (AvgIpc) is 2.95. The van der Waals surface area contributed by atoms with Crippen LogP contribution in [0, 0.1) is 6.92 Å². The van der Waals surface area contributed by atoms with Crippen LogP contribution in [0.1, 0.15) is 11.1 Å². The number of aromatic nitrogens is 3. The van der Waals surface area contributed by atoms with Gasteiger partial charge in [-0.2, -0.15) is 5.10 Å². The molecule has 3 rings (SSSR count). The molecule has 20 heavy (non-hydrogen) atoms. The van der Waals surface area contributed by atoms with E-state index in [9.17, 15) is 0 Å². The lowest BCUT2D eigenvalue weighted by molar-refractivity contribution is 1.10. The van der Waals surface area contributed by atoms with Gasteiger partial charge in [0.05, 0.1) is 17.6 Å². The summed E-state index contributed by atoms with van der Waals surface area (Å²) in [6.07, 6.45) is 5.53. The second kappa shape index (κ2) is 5.57. The van der Waals surface area contributed by atoms with Crippen molar-refractivity contribution in [1.29, 1.82) is 0 Å². The minimum absolute atomic E-state index is 0.714. The zero-order valence-electron chi connectivity index (χ0n) is 11.3. The highest BCUT2D eigenvalue weighted by molar-refractivity contribution is 5.63. The summed E-state index contributed by atoms with van der Waals surface area (Å²) < 4.78 is 0. The van der Waals surface area contributed by atoms with E-state index in [-0.39, 0.29) is 0 Å². The highest BCUT2D eigenvalue weighted by Gasteiger charge is 2.07. The molecule has 0 atom stereocenters. The highest BCUT2D eigenvalue weighted by Crippen LogP contribution is 2.21. The van der Waals surface area contributed by atoms with Crippen LogP contribution in [-0.2, 0) is 6.54 Å². The smallest absolute Gasteiger partial charge is 0.0700 e. The maximum absolute atomic E-state index is 4.18.